The van der Waals surface area contributed by atoms with Crippen molar-refractivity contribution < 1.29 is 9.59 Å². The van der Waals surface area contributed by atoms with Gasteiger partial charge in [0.25, 0.3) is 0 Å². The van der Waals surface area contributed by atoms with Crippen molar-refractivity contribution in [1.29, 1.82) is 0 Å². The summed E-state index contributed by atoms with van der Waals surface area (Å²) in [5.41, 5.74) is 7.17. The first-order chi connectivity index (χ1) is 11.5. The molecule has 1 aromatic rings. The topological polar surface area (TPSA) is 87.5 Å². The van der Waals surface area contributed by atoms with Crippen LogP contribution in [0.1, 0.15) is 25.3 Å². The summed E-state index contributed by atoms with van der Waals surface area (Å²) in [6, 6.07) is 9.83. The molecule has 2 rings (SSSR count). The molecule has 132 valence electrons. The minimum atomic E-state index is -0.428. The third-order valence-electron chi connectivity index (χ3n) is 4.34. The predicted molar refractivity (Wildman–Crippen MR) is 94.5 cm³/mol. The molecule has 6 heteroatoms. The summed E-state index contributed by atoms with van der Waals surface area (Å²) in [7, 11) is 0. The molecule has 1 saturated heterocycles. The van der Waals surface area contributed by atoms with Gasteiger partial charge in [-0.15, -0.1) is 0 Å². The van der Waals surface area contributed by atoms with Crippen molar-refractivity contribution in [2.45, 2.75) is 19.8 Å². The fourth-order valence-electron chi connectivity index (χ4n) is 3.12. The lowest BCUT2D eigenvalue weighted by atomic mass is 9.89. The van der Waals surface area contributed by atoms with Crippen molar-refractivity contribution in [1.82, 2.24) is 15.5 Å². The SMILES string of the molecule is CC(C)CNC(=O)NC(=O)CN1C[C@@H](CN)[C@H](c2ccccc2)C1. The summed E-state index contributed by atoms with van der Waals surface area (Å²) in [5.74, 6) is 0.732. The molecule has 24 heavy (non-hydrogen) atoms. The van der Waals surface area contributed by atoms with Gasteiger partial charge in [0.05, 0.1) is 6.54 Å². The lowest BCUT2D eigenvalue weighted by molar-refractivity contribution is -0.120. The Balaban J connectivity index is 1.85. The molecule has 0 aliphatic carbocycles. The number of nitrogens with two attached hydrogens (primary N) is 1. The highest BCUT2D eigenvalue weighted by molar-refractivity contribution is 5.95. The standard InChI is InChI=1S/C18H28N4O2/c1-13(2)9-20-18(24)21-17(23)12-22-10-15(8-19)16(11-22)14-6-4-3-5-7-14/h3-7,13,15-16H,8-12,19H2,1-2H3,(H2,20,21,23,24)/t15-,16+/m1/s1. The largest absolute Gasteiger partial charge is 0.338 e. The molecule has 3 amide bonds. The Morgan fingerprint density at radius 3 is 2.58 bits per heavy atom. The van der Waals surface area contributed by atoms with Gasteiger partial charge in [-0.05, 0) is 23.9 Å². The summed E-state index contributed by atoms with van der Waals surface area (Å²) in [6.07, 6.45) is 0. The van der Waals surface area contributed by atoms with E-state index in [2.05, 4.69) is 27.7 Å². The lowest BCUT2D eigenvalue weighted by Crippen LogP contribution is -2.45. The molecule has 0 radical (unpaired) electrons. The Bertz CT molecular complexity index is 547. The van der Waals surface area contributed by atoms with E-state index in [-0.39, 0.29) is 12.5 Å². The molecule has 1 aliphatic rings. The zero-order valence-corrected chi connectivity index (χ0v) is 14.5. The van der Waals surface area contributed by atoms with Crippen LogP contribution in [0.3, 0.4) is 0 Å². The number of hydrogen-bond acceptors (Lipinski definition) is 4. The molecule has 2 atom stereocenters. The third kappa shape index (κ3) is 5.32. The van der Waals surface area contributed by atoms with E-state index < -0.39 is 6.03 Å². The van der Waals surface area contributed by atoms with Gasteiger partial charge in [0, 0.05) is 25.6 Å². The van der Waals surface area contributed by atoms with Crippen LogP contribution in [0.15, 0.2) is 30.3 Å². The molecule has 1 aromatic carbocycles. The molecule has 0 spiro atoms. The normalized spacial score (nSPS) is 21.0. The van der Waals surface area contributed by atoms with Gasteiger partial charge in [-0.2, -0.15) is 0 Å². The van der Waals surface area contributed by atoms with Crippen LogP contribution in [0.5, 0.6) is 0 Å². The molecule has 0 aromatic heterocycles. The Hall–Kier alpha value is -1.92. The van der Waals surface area contributed by atoms with E-state index in [0.29, 0.717) is 30.8 Å². The van der Waals surface area contributed by atoms with Crippen LogP contribution in [-0.4, -0.2) is 49.6 Å². The van der Waals surface area contributed by atoms with E-state index in [1.165, 1.54) is 5.56 Å². The maximum atomic E-state index is 12.0. The van der Waals surface area contributed by atoms with Gasteiger partial charge in [-0.25, -0.2) is 4.79 Å². The highest BCUT2D eigenvalue weighted by Crippen LogP contribution is 2.31. The van der Waals surface area contributed by atoms with E-state index in [1.807, 2.05) is 32.0 Å². The molecule has 1 fully saturated rings. The van der Waals surface area contributed by atoms with Gasteiger partial charge in [-0.1, -0.05) is 44.2 Å². The number of hydrogen-bond donors (Lipinski definition) is 3. The van der Waals surface area contributed by atoms with Gasteiger partial charge in [0.2, 0.25) is 5.91 Å². The Morgan fingerprint density at radius 1 is 1.25 bits per heavy atom. The predicted octanol–water partition coefficient (Wildman–Crippen LogP) is 1.14. The first kappa shape index (κ1) is 18.4. The van der Waals surface area contributed by atoms with Crippen LogP contribution in [0, 0.1) is 11.8 Å². The van der Waals surface area contributed by atoms with Crippen LogP contribution < -0.4 is 16.4 Å². The van der Waals surface area contributed by atoms with Crippen LogP contribution >= 0.6 is 0 Å². The van der Waals surface area contributed by atoms with E-state index >= 15 is 0 Å². The second-order valence-corrected chi connectivity index (χ2v) is 6.86. The summed E-state index contributed by atoms with van der Waals surface area (Å²) >= 11 is 0. The molecule has 4 N–H and O–H groups in total. The number of benzene rings is 1. The molecular formula is C18H28N4O2. The maximum Gasteiger partial charge on any atom is 0.321 e. The molecule has 0 unspecified atom stereocenters. The second-order valence-electron chi connectivity index (χ2n) is 6.86. The number of imide groups is 1. The Kier molecular flexibility index (Phi) is 6.75. The molecule has 1 heterocycles. The second kappa shape index (κ2) is 8.80. The van der Waals surface area contributed by atoms with Crippen molar-refractivity contribution in [3.8, 4) is 0 Å². The molecular weight excluding hydrogens is 304 g/mol. The van der Waals surface area contributed by atoms with Crippen LogP contribution in [0.4, 0.5) is 4.79 Å². The number of likely N-dealkylation sites (tertiary alicyclic amines) is 1. The maximum absolute atomic E-state index is 12.0. The molecule has 0 bridgehead atoms. The zero-order valence-electron chi connectivity index (χ0n) is 14.5. The van der Waals surface area contributed by atoms with Crippen molar-refractivity contribution in [2.75, 3.05) is 32.7 Å². The Morgan fingerprint density at radius 2 is 1.96 bits per heavy atom. The fraction of sp³-hybridized carbons (Fsp3) is 0.556. The van der Waals surface area contributed by atoms with E-state index in [4.69, 9.17) is 5.73 Å². The number of nitrogens with zero attached hydrogens (tertiary/aromatic N) is 1. The van der Waals surface area contributed by atoms with Crippen LogP contribution in [-0.2, 0) is 4.79 Å². The average molecular weight is 332 g/mol. The zero-order chi connectivity index (χ0) is 17.5. The van der Waals surface area contributed by atoms with E-state index in [9.17, 15) is 9.59 Å². The summed E-state index contributed by atoms with van der Waals surface area (Å²) in [6.45, 7) is 6.92. The quantitative estimate of drug-likeness (QED) is 0.729. The minimum Gasteiger partial charge on any atom is -0.338 e. The third-order valence-corrected chi connectivity index (χ3v) is 4.34. The first-order valence-electron chi connectivity index (χ1n) is 8.54. The summed E-state index contributed by atoms with van der Waals surface area (Å²) in [4.78, 5) is 25.8. The van der Waals surface area contributed by atoms with Gasteiger partial charge in [0.1, 0.15) is 0 Å². The monoisotopic (exact) mass is 332 g/mol. The van der Waals surface area contributed by atoms with Gasteiger partial charge in [-0.3, -0.25) is 15.0 Å². The van der Waals surface area contributed by atoms with Crippen LogP contribution in [0.2, 0.25) is 0 Å². The van der Waals surface area contributed by atoms with Gasteiger partial charge in [0.15, 0.2) is 0 Å². The van der Waals surface area contributed by atoms with Crippen molar-refractivity contribution in [3.63, 3.8) is 0 Å². The van der Waals surface area contributed by atoms with Crippen molar-refractivity contribution in [3.05, 3.63) is 35.9 Å². The van der Waals surface area contributed by atoms with Gasteiger partial charge >= 0.3 is 6.03 Å². The number of carbonyl (C=O) groups is 2. The van der Waals surface area contributed by atoms with E-state index in [1.54, 1.807) is 0 Å². The summed E-state index contributed by atoms with van der Waals surface area (Å²) in [5, 5.41) is 5.07. The smallest absolute Gasteiger partial charge is 0.321 e. The summed E-state index contributed by atoms with van der Waals surface area (Å²) < 4.78 is 0. The first-order valence-corrected chi connectivity index (χ1v) is 8.54. The number of carbonyl (C=O) groups excluding carboxylic acids is 2. The minimum absolute atomic E-state index is 0.217. The fourth-order valence-corrected chi connectivity index (χ4v) is 3.12. The highest BCUT2D eigenvalue weighted by atomic mass is 16.2. The van der Waals surface area contributed by atoms with E-state index in [0.717, 1.165) is 13.1 Å². The molecule has 1 aliphatic heterocycles. The molecule has 0 saturated carbocycles. The number of rotatable bonds is 6. The Labute approximate surface area is 143 Å². The van der Waals surface area contributed by atoms with Crippen molar-refractivity contribution in [2.24, 2.45) is 17.6 Å². The average Bonchev–Trinajstić information content (AvgIpc) is 2.96. The number of nitrogens with one attached hydrogen (secondary N) is 2. The van der Waals surface area contributed by atoms with Crippen molar-refractivity contribution >= 4 is 11.9 Å². The molecule has 6 nitrogen and oxygen atoms in total. The lowest BCUT2D eigenvalue weighted by Gasteiger charge is -2.16. The number of amides is 3. The highest BCUT2D eigenvalue weighted by Gasteiger charge is 2.33. The van der Waals surface area contributed by atoms with Gasteiger partial charge < -0.3 is 11.1 Å². The van der Waals surface area contributed by atoms with Crippen LogP contribution in [0.25, 0.3) is 0 Å². The number of urea groups is 1.